The second-order valence-corrected chi connectivity index (χ2v) is 2.38. The van der Waals surface area contributed by atoms with Gasteiger partial charge in [-0.3, -0.25) is 9.59 Å². The predicted octanol–water partition coefficient (Wildman–Crippen LogP) is 1.14. The topological polar surface area (TPSA) is 43.4 Å². The van der Waals surface area contributed by atoms with Crippen molar-refractivity contribution in [1.82, 2.24) is 0 Å². The van der Waals surface area contributed by atoms with Crippen LogP contribution in [0.5, 0.6) is 0 Å². The summed E-state index contributed by atoms with van der Waals surface area (Å²) < 4.78 is 4.60. The Labute approximate surface area is 70.7 Å². The molecule has 0 fully saturated rings. The Balaban J connectivity index is 3.14. The third-order valence-electron chi connectivity index (χ3n) is 1.05. The maximum absolute atomic E-state index is 10.6. The van der Waals surface area contributed by atoms with Crippen LogP contribution < -0.4 is 0 Å². The standard InChI is InChI=1S/C7H11ClO3/c1-6(9)11-4-2-3-7(10)5-8/h2-5H2,1H3. The van der Waals surface area contributed by atoms with Gasteiger partial charge in [0.2, 0.25) is 0 Å². The molecular formula is C7H11ClO3. The smallest absolute Gasteiger partial charge is 0.302 e. The first-order valence-electron chi connectivity index (χ1n) is 3.38. The van der Waals surface area contributed by atoms with Crippen molar-refractivity contribution in [3.63, 3.8) is 0 Å². The number of halogens is 1. The van der Waals surface area contributed by atoms with E-state index in [1.165, 1.54) is 6.92 Å². The lowest BCUT2D eigenvalue weighted by Crippen LogP contribution is -2.04. The molecule has 0 unspecified atom stereocenters. The van der Waals surface area contributed by atoms with Crippen molar-refractivity contribution in [3.8, 4) is 0 Å². The van der Waals surface area contributed by atoms with Crippen molar-refractivity contribution in [2.75, 3.05) is 12.5 Å². The first kappa shape index (κ1) is 10.4. The lowest BCUT2D eigenvalue weighted by Gasteiger charge is -1.98. The average molecular weight is 179 g/mol. The van der Waals surface area contributed by atoms with Crippen molar-refractivity contribution < 1.29 is 14.3 Å². The summed E-state index contributed by atoms with van der Waals surface area (Å²) in [5.41, 5.74) is 0. The molecule has 0 saturated carbocycles. The zero-order valence-electron chi connectivity index (χ0n) is 6.43. The molecule has 0 aliphatic heterocycles. The number of carbonyl (C=O) groups is 2. The van der Waals surface area contributed by atoms with Crippen LogP contribution in [0.4, 0.5) is 0 Å². The molecule has 3 nitrogen and oxygen atoms in total. The van der Waals surface area contributed by atoms with Gasteiger partial charge >= 0.3 is 5.97 Å². The fraction of sp³-hybridized carbons (Fsp3) is 0.714. The van der Waals surface area contributed by atoms with Crippen LogP contribution >= 0.6 is 11.6 Å². The quantitative estimate of drug-likeness (QED) is 0.360. The van der Waals surface area contributed by atoms with E-state index in [0.29, 0.717) is 19.4 Å². The number of hydrogen-bond donors (Lipinski definition) is 0. The van der Waals surface area contributed by atoms with Gasteiger partial charge in [0.25, 0.3) is 0 Å². The second kappa shape index (κ2) is 6.16. The first-order chi connectivity index (χ1) is 5.16. The molecule has 0 radical (unpaired) electrons. The highest BCUT2D eigenvalue weighted by atomic mass is 35.5. The van der Waals surface area contributed by atoms with Crippen molar-refractivity contribution in [1.29, 1.82) is 0 Å². The number of carbonyl (C=O) groups excluding carboxylic acids is 2. The monoisotopic (exact) mass is 178 g/mol. The Hall–Kier alpha value is -0.570. The largest absolute Gasteiger partial charge is 0.466 e. The van der Waals surface area contributed by atoms with Crippen LogP contribution in [-0.2, 0) is 14.3 Å². The van der Waals surface area contributed by atoms with Gasteiger partial charge in [-0.05, 0) is 6.42 Å². The molecule has 0 amide bonds. The number of alkyl halides is 1. The zero-order valence-corrected chi connectivity index (χ0v) is 7.19. The zero-order chi connectivity index (χ0) is 8.69. The van der Waals surface area contributed by atoms with E-state index in [2.05, 4.69) is 4.74 Å². The van der Waals surface area contributed by atoms with E-state index in [9.17, 15) is 9.59 Å². The van der Waals surface area contributed by atoms with Gasteiger partial charge in [-0.25, -0.2) is 0 Å². The molecule has 0 aromatic carbocycles. The summed E-state index contributed by atoms with van der Waals surface area (Å²) in [7, 11) is 0. The molecule has 64 valence electrons. The molecule has 0 atom stereocenters. The summed E-state index contributed by atoms with van der Waals surface area (Å²) in [5.74, 6) is -0.290. The van der Waals surface area contributed by atoms with Gasteiger partial charge in [-0.15, -0.1) is 11.6 Å². The number of Topliss-reactive ketones (excluding diaryl/α,β-unsaturated/α-hetero) is 1. The molecule has 0 spiro atoms. The Morgan fingerprint density at radius 3 is 2.55 bits per heavy atom. The normalized spacial score (nSPS) is 9.27. The molecular weight excluding hydrogens is 168 g/mol. The molecule has 0 N–H and O–H groups in total. The van der Waals surface area contributed by atoms with Gasteiger partial charge in [0.05, 0.1) is 12.5 Å². The Kier molecular flexibility index (Phi) is 5.84. The van der Waals surface area contributed by atoms with Gasteiger partial charge in [-0.2, -0.15) is 0 Å². The molecule has 0 aromatic heterocycles. The van der Waals surface area contributed by atoms with E-state index in [1.54, 1.807) is 0 Å². The summed E-state index contributed by atoms with van der Waals surface area (Å²) in [6.45, 7) is 1.64. The van der Waals surface area contributed by atoms with Gasteiger partial charge < -0.3 is 4.74 Å². The molecule has 0 aliphatic rings. The minimum Gasteiger partial charge on any atom is -0.466 e. The summed E-state index contributed by atoms with van der Waals surface area (Å²) in [6.07, 6.45) is 0.946. The van der Waals surface area contributed by atoms with Crippen molar-refractivity contribution >= 4 is 23.4 Å². The maximum atomic E-state index is 10.6. The van der Waals surface area contributed by atoms with Gasteiger partial charge in [0.15, 0.2) is 0 Å². The van der Waals surface area contributed by atoms with Crippen LogP contribution in [-0.4, -0.2) is 24.2 Å². The van der Waals surface area contributed by atoms with Gasteiger partial charge in [0, 0.05) is 13.3 Å². The molecule has 0 bridgehead atoms. The second-order valence-electron chi connectivity index (χ2n) is 2.12. The van der Waals surface area contributed by atoms with Gasteiger partial charge in [-0.1, -0.05) is 0 Å². The third kappa shape index (κ3) is 7.33. The van der Waals surface area contributed by atoms with E-state index < -0.39 is 0 Å². The SMILES string of the molecule is CC(=O)OCCCC(=O)CCl. The van der Waals surface area contributed by atoms with Crippen LogP contribution in [0.3, 0.4) is 0 Å². The average Bonchev–Trinajstić information content (AvgIpc) is 1.97. The Bertz CT molecular complexity index is 145. The highest BCUT2D eigenvalue weighted by molar-refractivity contribution is 6.27. The fourth-order valence-electron chi connectivity index (χ4n) is 0.552. The van der Waals surface area contributed by atoms with Crippen molar-refractivity contribution in [2.45, 2.75) is 19.8 Å². The highest BCUT2D eigenvalue weighted by Gasteiger charge is 1.99. The molecule has 0 aromatic rings. The van der Waals surface area contributed by atoms with Crippen molar-refractivity contribution in [2.24, 2.45) is 0 Å². The molecule has 0 saturated heterocycles. The van der Waals surface area contributed by atoms with Crippen LogP contribution in [0.1, 0.15) is 19.8 Å². The lowest BCUT2D eigenvalue weighted by molar-refractivity contribution is -0.141. The molecule has 11 heavy (non-hydrogen) atoms. The number of ether oxygens (including phenoxy) is 1. The fourth-order valence-corrected chi connectivity index (χ4v) is 0.686. The number of rotatable bonds is 5. The summed E-state index contributed by atoms with van der Waals surface area (Å²) in [4.78, 5) is 20.8. The highest BCUT2D eigenvalue weighted by Crippen LogP contribution is 1.93. The van der Waals surface area contributed by atoms with Crippen LogP contribution in [0.15, 0.2) is 0 Å². The molecule has 0 heterocycles. The molecule has 0 aliphatic carbocycles. The summed E-state index contributed by atoms with van der Waals surface area (Å²) in [5, 5.41) is 0. The Morgan fingerprint density at radius 2 is 2.09 bits per heavy atom. The summed E-state index contributed by atoms with van der Waals surface area (Å²) in [6, 6.07) is 0. The third-order valence-corrected chi connectivity index (χ3v) is 1.35. The van der Waals surface area contributed by atoms with Crippen LogP contribution in [0.2, 0.25) is 0 Å². The van der Waals surface area contributed by atoms with E-state index in [0.717, 1.165) is 0 Å². The Morgan fingerprint density at radius 1 is 1.45 bits per heavy atom. The van der Waals surface area contributed by atoms with Crippen molar-refractivity contribution in [3.05, 3.63) is 0 Å². The first-order valence-corrected chi connectivity index (χ1v) is 3.91. The van der Waals surface area contributed by atoms with Crippen LogP contribution in [0.25, 0.3) is 0 Å². The van der Waals surface area contributed by atoms with Crippen LogP contribution in [0, 0.1) is 0 Å². The van der Waals surface area contributed by atoms with E-state index in [1.807, 2.05) is 0 Å². The number of esters is 1. The minimum absolute atomic E-state index is 0.0150. The maximum Gasteiger partial charge on any atom is 0.302 e. The van der Waals surface area contributed by atoms with E-state index in [-0.39, 0.29) is 17.6 Å². The minimum atomic E-state index is -0.316. The number of ketones is 1. The lowest BCUT2D eigenvalue weighted by atomic mass is 10.2. The summed E-state index contributed by atoms with van der Waals surface area (Å²) >= 11 is 5.24. The predicted molar refractivity (Wildman–Crippen MR) is 41.6 cm³/mol. The van der Waals surface area contributed by atoms with E-state index in [4.69, 9.17) is 11.6 Å². The van der Waals surface area contributed by atoms with Gasteiger partial charge in [0.1, 0.15) is 5.78 Å². The van der Waals surface area contributed by atoms with E-state index >= 15 is 0 Å². The molecule has 4 heteroatoms. The molecule has 0 rings (SSSR count). The number of hydrogen-bond acceptors (Lipinski definition) is 3.